The van der Waals surface area contributed by atoms with Crippen LogP contribution in [0.3, 0.4) is 0 Å². The topological polar surface area (TPSA) is 122 Å². The molecule has 0 spiro atoms. The highest BCUT2D eigenvalue weighted by atomic mass is 16.4. The van der Waals surface area contributed by atoms with Gasteiger partial charge in [0, 0.05) is 29.6 Å². The highest BCUT2D eigenvalue weighted by Crippen LogP contribution is 2.11. The summed E-state index contributed by atoms with van der Waals surface area (Å²) in [5, 5.41) is 11.2. The summed E-state index contributed by atoms with van der Waals surface area (Å²) in [6, 6.07) is 0.636. The molecule has 1 aromatic rings. The lowest BCUT2D eigenvalue weighted by molar-refractivity contribution is -0.131. The van der Waals surface area contributed by atoms with E-state index in [1.807, 2.05) is 0 Å². The SMILES string of the molecule is CC(C)C(NC(=O)c1ccncc1/C=C/C(=O)O)C(N)=O. The predicted octanol–water partition coefficient (Wildman–Crippen LogP) is 0.419. The molecular formula is C14H17N3O4. The van der Waals surface area contributed by atoms with Crippen molar-refractivity contribution < 1.29 is 19.5 Å². The number of carboxylic acid groups (broad SMARTS) is 1. The van der Waals surface area contributed by atoms with Gasteiger partial charge in [0.05, 0.1) is 0 Å². The Labute approximate surface area is 121 Å². The van der Waals surface area contributed by atoms with Crippen LogP contribution in [0.2, 0.25) is 0 Å². The molecule has 0 fully saturated rings. The molecule has 0 radical (unpaired) electrons. The van der Waals surface area contributed by atoms with Crippen molar-refractivity contribution in [3.63, 3.8) is 0 Å². The van der Waals surface area contributed by atoms with Crippen LogP contribution in [0.15, 0.2) is 24.5 Å². The molecule has 1 aromatic heterocycles. The summed E-state index contributed by atoms with van der Waals surface area (Å²) in [6.07, 6.45) is 4.94. The van der Waals surface area contributed by atoms with Crippen molar-refractivity contribution in [2.45, 2.75) is 19.9 Å². The summed E-state index contributed by atoms with van der Waals surface area (Å²) >= 11 is 0. The van der Waals surface area contributed by atoms with E-state index in [0.717, 1.165) is 6.08 Å². The summed E-state index contributed by atoms with van der Waals surface area (Å²) in [5.41, 5.74) is 5.80. The van der Waals surface area contributed by atoms with Crippen LogP contribution >= 0.6 is 0 Å². The molecule has 1 rings (SSSR count). The van der Waals surface area contributed by atoms with Gasteiger partial charge in [-0.3, -0.25) is 14.6 Å². The van der Waals surface area contributed by atoms with Gasteiger partial charge in [-0.25, -0.2) is 4.79 Å². The van der Waals surface area contributed by atoms with Crippen molar-refractivity contribution >= 4 is 23.9 Å². The number of amides is 2. The summed E-state index contributed by atoms with van der Waals surface area (Å²) < 4.78 is 0. The second kappa shape index (κ2) is 7.18. The second-order valence-electron chi connectivity index (χ2n) is 4.73. The highest BCUT2D eigenvalue weighted by Gasteiger charge is 2.23. The predicted molar refractivity (Wildman–Crippen MR) is 76.2 cm³/mol. The van der Waals surface area contributed by atoms with Crippen molar-refractivity contribution in [1.29, 1.82) is 0 Å². The Balaban J connectivity index is 3.02. The molecule has 1 heterocycles. The van der Waals surface area contributed by atoms with Gasteiger partial charge in [-0.1, -0.05) is 13.8 Å². The van der Waals surface area contributed by atoms with Crippen molar-refractivity contribution in [2.24, 2.45) is 11.7 Å². The van der Waals surface area contributed by atoms with Crippen molar-refractivity contribution in [3.8, 4) is 0 Å². The molecule has 7 nitrogen and oxygen atoms in total. The third kappa shape index (κ3) is 4.72. The fraction of sp³-hybridized carbons (Fsp3) is 0.286. The minimum Gasteiger partial charge on any atom is -0.478 e. The van der Waals surface area contributed by atoms with E-state index in [2.05, 4.69) is 10.3 Å². The monoisotopic (exact) mass is 291 g/mol. The first-order valence-corrected chi connectivity index (χ1v) is 6.28. The van der Waals surface area contributed by atoms with Crippen molar-refractivity contribution in [3.05, 3.63) is 35.7 Å². The van der Waals surface area contributed by atoms with Crippen LogP contribution in [0.4, 0.5) is 0 Å². The Bertz CT molecular complexity index is 581. The quantitative estimate of drug-likeness (QED) is 0.655. The number of aliphatic carboxylic acids is 1. The number of hydrogen-bond acceptors (Lipinski definition) is 4. The Morgan fingerprint density at radius 1 is 1.38 bits per heavy atom. The zero-order valence-corrected chi connectivity index (χ0v) is 11.7. The first-order chi connectivity index (χ1) is 9.82. The standard InChI is InChI=1S/C14H17N3O4/c1-8(2)12(13(15)20)17-14(21)10-5-6-16-7-9(10)3-4-11(18)19/h3-8,12H,1-2H3,(H2,15,20)(H,17,21)(H,18,19)/b4-3+. The molecule has 112 valence electrons. The molecule has 0 saturated carbocycles. The highest BCUT2D eigenvalue weighted by molar-refractivity contribution is 6.00. The summed E-state index contributed by atoms with van der Waals surface area (Å²) in [7, 11) is 0. The lowest BCUT2D eigenvalue weighted by Gasteiger charge is -2.19. The molecule has 21 heavy (non-hydrogen) atoms. The van der Waals surface area contributed by atoms with Crippen LogP contribution < -0.4 is 11.1 Å². The molecule has 0 bridgehead atoms. The van der Waals surface area contributed by atoms with E-state index >= 15 is 0 Å². The van der Waals surface area contributed by atoms with Crippen molar-refractivity contribution in [2.75, 3.05) is 0 Å². The number of nitrogens with one attached hydrogen (secondary N) is 1. The number of aromatic nitrogens is 1. The number of pyridine rings is 1. The molecule has 0 saturated heterocycles. The Hall–Kier alpha value is -2.70. The Morgan fingerprint density at radius 2 is 2.05 bits per heavy atom. The van der Waals surface area contributed by atoms with Gasteiger partial charge in [-0.05, 0) is 18.1 Å². The van der Waals surface area contributed by atoms with Gasteiger partial charge in [0.2, 0.25) is 5.91 Å². The van der Waals surface area contributed by atoms with Gasteiger partial charge in [-0.2, -0.15) is 0 Å². The molecule has 0 aliphatic heterocycles. The Kier molecular flexibility index (Phi) is 5.59. The van der Waals surface area contributed by atoms with E-state index in [1.54, 1.807) is 13.8 Å². The Morgan fingerprint density at radius 3 is 2.57 bits per heavy atom. The number of hydrogen-bond donors (Lipinski definition) is 3. The fourth-order valence-electron chi connectivity index (χ4n) is 1.69. The van der Waals surface area contributed by atoms with Crippen LogP contribution in [-0.4, -0.2) is 33.9 Å². The maximum atomic E-state index is 12.2. The number of rotatable bonds is 6. The first kappa shape index (κ1) is 16.4. The minimum absolute atomic E-state index is 0.161. The minimum atomic E-state index is -1.14. The third-order valence-corrected chi connectivity index (χ3v) is 2.76. The zero-order valence-electron chi connectivity index (χ0n) is 11.7. The van der Waals surface area contributed by atoms with Gasteiger partial charge in [0.15, 0.2) is 0 Å². The lowest BCUT2D eigenvalue weighted by atomic mass is 10.0. The summed E-state index contributed by atoms with van der Waals surface area (Å²) in [5.74, 6) is -2.44. The molecule has 1 atom stereocenters. The van der Waals surface area contributed by atoms with E-state index in [4.69, 9.17) is 10.8 Å². The van der Waals surface area contributed by atoms with E-state index < -0.39 is 23.8 Å². The number of carboxylic acids is 1. The lowest BCUT2D eigenvalue weighted by Crippen LogP contribution is -2.47. The number of carbonyl (C=O) groups excluding carboxylic acids is 2. The molecular weight excluding hydrogens is 274 g/mol. The molecule has 7 heteroatoms. The molecule has 1 unspecified atom stereocenters. The fourth-order valence-corrected chi connectivity index (χ4v) is 1.69. The van der Waals surface area contributed by atoms with Crippen LogP contribution in [0, 0.1) is 5.92 Å². The molecule has 2 amide bonds. The molecule has 0 aliphatic carbocycles. The van der Waals surface area contributed by atoms with E-state index in [1.165, 1.54) is 24.5 Å². The molecule has 0 aliphatic rings. The average molecular weight is 291 g/mol. The van der Waals surface area contributed by atoms with Gasteiger partial charge >= 0.3 is 5.97 Å². The average Bonchev–Trinajstić information content (AvgIpc) is 2.41. The number of nitrogens with zero attached hydrogens (tertiary/aromatic N) is 1. The van der Waals surface area contributed by atoms with Gasteiger partial charge in [0.1, 0.15) is 6.04 Å². The van der Waals surface area contributed by atoms with Gasteiger partial charge in [0.25, 0.3) is 5.91 Å². The smallest absolute Gasteiger partial charge is 0.328 e. The van der Waals surface area contributed by atoms with E-state index in [-0.39, 0.29) is 11.5 Å². The van der Waals surface area contributed by atoms with E-state index in [0.29, 0.717) is 5.56 Å². The summed E-state index contributed by atoms with van der Waals surface area (Å²) in [4.78, 5) is 37.9. The van der Waals surface area contributed by atoms with Crippen LogP contribution in [0.5, 0.6) is 0 Å². The first-order valence-electron chi connectivity index (χ1n) is 6.28. The zero-order chi connectivity index (χ0) is 16.0. The summed E-state index contributed by atoms with van der Waals surface area (Å²) in [6.45, 7) is 3.51. The largest absolute Gasteiger partial charge is 0.478 e. The van der Waals surface area contributed by atoms with Crippen LogP contribution in [0.1, 0.15) is 29.8 Å². The van der Waals surface area contributed by atoms with Gasteiger partial charge < -0.3 is 16.2 Å². The maximum absolute atomic E-state index is 12.2. The maximum Gasteiger partial charge on any atom is 0.328 e. The number of primary amides is 1. The van der Waals surface area contributed by atoms with Crippen LogP contribution in [-0.2, 0) is 9.59 Å². The number of nitrogens with two attached hydrogens (primary N) is 1. The van der Waals surface area contributed by atoms with Crippen molar-refractivity contribution in [1.82, 2.24) is 10.3 Å². The molecule has 0 aromatic carbocycles. The second-order valence-corrected chi connectivity index (χ2v) is 4.73. The number of carbonyl (C=O) groups is 3. The normalized spacial score (nSPS) is 12.3. The van der Waals surface area contributed by atoms with Crippen LogP contribution in [0.25, 0.3) is 6.08 Å². The third-order valence-electron chi connectivity index (χ3n) is 2.76. The van der Waals surface area contributed by atoms with E-state index in [9.17, 15) is 14.4 Å². The van der Waals surface area contributed by atoms with Gasteiger partial charge in [-0.15, -0.1) is 0 Å². The molecule has 4 N–H and O–H groups in total.